The van der Waals surface area contributed by atoms with Gasteiger partial charge in [-0.1, -0.05) is 85.1 Å². The second-order valence-corrected chi connectivity index (χ2v) is 15.0. The van der Waals surface area contributed by atoms with E-state index < -0.39 is 12.1 Å². The van der Waals surface area contributed by atoms with Crippen molar-refractivity contribution in [2.45, 2.75) is 44.8 Å². The molecule has 7 rings (SSSR count). The zero-order valence-electron chi connectivity index (χ0n) is 27.6. The molecule has 0 radical (unpaired) electrons. The van der Waals surface area contributed by atoms with Crippen LogP contribution in [0.1, 0.15) is 59.1 Å². The second kappa shape index (κ2) is 13.3. The number of β-lactam (4-membered cyclic amide) rings is 1. The zero-order chi connectivity index (χ0) is 35.3. The minimum Gasteiger partial charge on any atom is -0.497 e. The number of amides is 1. The Morgan fingerprint density at radius 3 is 2.46 bits per heavy atom. The molecule has 1 aliphatic heterocycles. The number of nitriles is 1. The lowest BCUT2D eigenvalue weighted by Gasteiger charge is -2.46. The van der Waals surface area contributed by atoms with Gasteiger partial charge in [0.15, 0.2) is 0 Å². The summed E-state index contributed by atoms with van der Waals surface area (Å²) < 4.78 is 13.4. The van der Waals surface area contributed by atoms with Crippen LogP contribution in [0, 0.1) is 18.3 Å². The normalized spacial score (nSPS) is 18.0. The quantitative estimate of drug-likeness (QED) is 0.148. The van der Waals surface area contributed by atoms with Crippen molar-refractivity contribution in [1.82, 2.24) is 9.78 Å². The molecule has 50 heavy (non-hydrogen) atoms. The topological polar surface area (TPSA) is 80.4 Å². The Kier molecular flexibility index (Phi) is 9.04. The smallest absolute Gasteiger partial charge is 0.272 e. The number of rotatable bonds is 8. The van der Waals surface area contributed by atoms with Gasteiger partial charge in [-0.15, -0.1) is 11.3 Å². The highest BCUT2D eigenvalue weighted by Gasteiger charge is 2.53. The van der Waals surface area contributed by atoms with E-state index in [1.54, 1.807) is 34.9 Å². The molecular weight excluding hydrogens is 711 g/mol. The van der Waals surface area contributed by atoms with Crippen LogP contribution in [0.5, 0.6) is 11.5 Å². The minimum atomic E-state index is -0.875. The van der Waals surface area contributed by atoms with Gasteiger partial charge in [-0.25, -0.2) is 4.68 Å². The van der Waals surface area contributed by atoms with Crippen LogP contribution in [-0.2, 0) is 10.2 Å². The predicted octanol–water partition coefficient (Wildman–Crippen LogP) is 10.4. The van der Waals surface area contributed by atoms with Crippen LogP contribution in [0.25, 0.3) is 17.8 Å². The first-order valence-corrected chi connectivity index (χ1v) is 17.8. The Morgan fingerprint density at radius 2 is 1.78 bits per heavy atom. The molecule has 1 fully saturated rings. The number of methoxy groups -OCH3 is 1. The Labute approximate surface area is 309 Å². The molecule has 0 bridgehead atoms. The summed E-state index contributed by atoms with van der Waals surface area (Å²) in [7, 11) is 1.60. The van der Waals surface area contributed by atoms with E-state index in [1.807, 2.05) is 73.7 Å². The van der Waals surface area contributed by atoms with Crippen molar-refractivity contribution in [2.75, 3.05) is 12.0 Å². The monoisotopic (exact) mass is 740 g/mol. The van der Waals surface area contributed by atoms with Crippen molar-refractivity contribution in [3.8, 4) is 23.3 Å². The Hall–Kier alpha value is -4.52. The maximum absolute atomic E-state index is 14.0. The van der Waals surface area contributed by atoms with Crippen LogP contribution < -0.4 is 14.4 Å². The first kappa shape index (κ1) is 34.0. The van der Waals surface area contributed by atoms with Crippen molar-refractivity contribution in [2.24, 2.45) is 0 Å². The van der Waals surface area contributed by atoms with Crippen LogP contribution in [0.15, 0.2) is 84.4 Å². The lowest BCUT2D eigenvalue weighted by Crippen LogP contribution is -2.61. The molecule has 2 aromatic heterocycles. The van der Waals surface area contributed by atoms with Crippen molar-refractivity contribution < 1.29 is 14.3 Å². The van der Waals surface area contributed by atoms with Gasteiger partial charge >= 0.3 is 0 Å². The number of halogens is 3. The number of para-hydroxylation sites is 1. The van der Waals surface area contributed by atoms with Crippen LogP contribution >= 0.6 is 46.1 Å². The van der Waals surface area contributed by atoms with Gasteiger partial charge < -0.3 is 9.47 Å². The van der Waals surface area contributed by atoms with E-state index >= 15 is 0 Å². The molecule has 7 nitrogen and oxygen atoms in total. The van der Waals surface area contributed by atoms with E-state index in [-0.39, 0.29) is 11.3 Å². The predicted molar refractivity (Wildman–Crippen MR) is 201 cm³/mol. The van der Waals surface area contributed by atoms with E-state index in [4.69, 9.17) is 44.3 Å². The fourth-order valence-corrected chi connectivity index (χ4v) is 8.71. The number of aromatic nitrogens is 2. The average Bonchev–Trinajstić information content (AvgIpc) is 3.61. The largest absolute Gasteiger partial charge is 0.497 e. The molecule has 1 amide bonds. The first-order chi connectivity index (χ1) is 24.0. The number of fused-ring (bicyclic) bond motifs is 1. The molecular formula is C39H31Cl3N4O3S. The van der Waals surface area contributed by atoms with E-state index in [0.717, 1.165) is 44.9 Å². The number of benzene rings is 3. The molecule has 2 aliphatic rings. The summed E-state index contributed by atoms with van der Waals surface area (Å²) in [5.74, 6) is 0.767. The third-order valence-corrected chi connectivity index (χ3v) is 11.5. The second-order valence-electron chi connectivity index (χ2n) is 12.8. The van der Waals surface area contributed by atoms with Crippen molar-refractivity contribution in [3.63, 3.8) is 0 Å². The van der Waals surface area contributed by atoms with Gasteiger partial charge in [-0.2, -0.15) is 10.4 Å². The molecule has 2 atom stereocenters. The van der Waals surface area contributed by atoms with Gasteiger partial charge in [0.05, 0.1) is 29.1 Å². The molecule has 0 saturated carbocycles. The summed E-state index contributed by atoms with van der Waals surface area (Å²) in [6.07, 6.45) is 5.93. The van der Waals surface area contributed by atoms with Crippen LogP contribution in [0.3, 0.4) is 0 Å². The van der Waals surface area contributed by atoms with E-state index in [0.29, 0.717) is 37.3 Å². The van der Waals surface area contributed by atoms with Crippen molar-refractivity contribution in [1.29, 1.82) is 5.26 Å². The Morgan fingerprint density at radius 1 is 1.04 bits per heavy atom. The Balaban J connectivity index is 1.26. The standard InChI is InChI=1S/C39H31Cl3N4O3S/c1-22-28(36(42)46(44-22)26-8-6-5-7-9-26)16-10-23-18-29-30(21-43)38(50-35(29)39(2,3)20-23)45-33(24-11-14-27(48-4)15-12-24)34(37(45)47)49-32-17-13-25(40)19-31(32)41/h5-19,33-34H,20H2,1-4H3/b16-10+/t33-,34+/m1/s1. The van der Waals surface area contributed by atoms with Gasteiger partial charge in [-0.3, -0.25) is 9.69 Å². The summed E-state index contributed by atoms with van der Waals surface area (Å²) >= 11 is 20.9. The van der Waals surface area contributed by atoms with Crippen LogP contribution in [0.2, 0.25) is 15.2 Å². The molecule has 1 saturated heterocycles. The molecule has 0 N–H and O–H groups in total. The number of carbonyl (C=O) groups excluding carboxylic acids is 1. The SMILES string of the molecule is COc1ccc([C@@H]2[C@H](Oc3ccc(Cl)cc3Cl)C(=O)N2c2sc3c(c2C#N)C=C(/C=C/c2c(C)nn(-c4ccccc4)c2Cl)CC3(C)C)cc1. The van der Waals surface area contributed by atoms with Crippen molar-refractivity contribution in [3.05, 3.63) is 132 Å². The van der Waals surface area contributed by atoms with Crippen LogP contribution in [-0.4, -0.2) is 28.9 Å². The molecule has 0 spiro atoms. The molecule has 3 aromatic carbocycles. The number of hydrogen-bond donors (Lipinski definition) is 0. The maximum atomic E-state index is 14.0. The summed E-state index contributed by atoms with van der Waals surface area (Å²) in [6.45, 7) is 6.25. The van der Waals surface area contributed by atoms with E-state index in [9.17, 15) is 10.1 Å². The fraction of sp³-hybridized carbons (Fsp3) is 0.205. The molecule has 1 aliphatic carbocycles. The summed E-state index contributed by atoms with van der Waals surface area (Å²) in [5, 5.41) is 17.2. The first-order valence-electron chi connectivity index (χ1n) is 15.9. The van der Waals surface area contributed by atoms with Crippen LogP contribution in [0.4, 0.5) is 5.00 Å². The number of ether oxygens (including phenoxy) is 2. The number of hydrogen-bond acceptors (Lipinski definition) is 6. The van der Waals surface area contributed by atoms with Gasteiger partial charge in [0.25, 0.3) is 5.91 Å². The summed E-state index contributed by atoms with van der Waals surface area (Å²) in [5.41, 5.74) is 5.32. The van der Waals surface area contributed by atoms with Crippen molar-refractivity contribution >= 4 is 69.2 Å². The highest BCUT2D eigenvalue weighted by molar-refractivity contribution is 7.17. The number of thiophene rings is 1. The number of allylic oxidation sites excluding steroid dienone is 2. The summed E-state index contributed by atoms with van der Waals surface area (Å²) in [4.78, 5) is 16.8. The van der Waals surface area contributed by atoms with Gasteiger partial charge in [-0.05, 0) is 79.1 Å². The average molecular weight is 742 g/mol. The Bertz CT molecular complexity index is 2230. The highest BCUT2D eigenvalue weighted by atomic mass is 35.5. The molecule has 5 aromatic rings. The molecule has 0 unspecified atom stereocenters. The zero-order valence-corrected chi connectivity index (χ0v) is 30.7. The molecule has 252 valence electrons. The minimum absolute atomic E-state index is 0.269. The fourth-order valence-electron chi connectivity index (χ4n) is 6.55. The van der Waals surface area contributed by atoms with Gasteiger partial charge in [0.2, 0.25) is 6.10 Å². The molecule has 3 heterocycles. The highest BCUT2D eigenvalue weighted by Crippen LogP contribution is 2.53. The van der Waals surface area contributed by atoms with Gasteiger partial charge in [0, 0.05) is 26.4 Å². The maximum Gasteiger partial charge on any atom is 0.272 e. The number of nitrogens with zero attached hydrogens (tertiary/aromatic N) is 4. The number of aryl methyl sites for hydroxylation is 1. The third kappa shape index (κ3) is 5.99. The van der Waals surface area contributed by atoms with E-state index in [1.165, 1.54) is 11.3 Å². The number of anilines is 1. The lowest BCUT2D eigenvalue weighted by molar-refractivity contribution is -0.134. The van der Waals surface area contributed by atoms with Gasteiger partial charge in [0.1, 0.15) is 33.8 Å². The third-order valence-electron chi connectivity index (χ3n) is 9.01. The van der Waals surface area contributed by atoms with E-state index in [2.05, 4.69) is 31.1 Å². The number of carbonyl (C=O) groups is 1. The lowest BCUT2D eigenvalue weighted by atomic mass is 9.77. The summed E-state index contributed by atoms with van der Waals surface area (Å²) in [6, 6.07) is 24.1. The molecule has 11 heteroatoms.